The van der Waals surface area contributed by atoms with Crippen molar-refractivity contribution in [1.29, 1.82) is 0 Å². The monoisotopic (exact) mass is 244 g/mol. The van der Waals surface area contributed by atoms with Gasteiger partial charge in [0, 0.05) is 12.6 Å². The maximum Gasteiger partial charge on any atom is 0.227 e. The van der Waals surface area contributed by atoms with E-state index in [9.17, 15) is 4.79 Å². The van der Waals surface area contributed by atoms with E-state index in [1.54, 1.807) is 0 Å². The van der Waals surface area contributed by atoms with Crippen LogP contribution in [-0.2, 0) is 11.2 Å². The standard InChI is InChI=1S/C15H20N2O/c16-14-7-3-5-11(14)9-17-15(18)13-8-10-4-1-2-6-12(10)13/h1-2,4,6,11,13-14H,3,5,7-9,16H2,(H,17,18). The molecule has 3 unspecified atom stereocenters. The van der Waals surface area contributed by atoms with E-state index in [4.69, 9.17) is 5.73 Å². The van der Waals surface area contributed by atoms with Crippen LogP contribution in [0, 0.1) is 5.92 Å². The second-order valence-electron chi connectivity index (χ2n) is 5.56. The fourth-order valence-corrected chi connectivity index (χ4v) is 3.17. The number of hydrogen-bond acceptors (Lipinski definition) is 2. The first kappa shape index (κ1) is 11.7. The molecule has 0 heterocycles. The number of fused-ring (bicyclic) bond motifs is 1. The molecule has 3 heteroatoms. The van der Waals surface area contributed by atoms with Crippen molar-refractivity contribution in [3.8, 4) is 0 Å². The summed E-state index contributed by atoms with van der Waals surface area (Å²) >= 11 is 0. The first-order valence-electron chi connectivity index (χ1n) is 6.87. The van der Waals surface area contributed by atoms with Gasteiger partial charge in [-0.1, -0.05) is 30.7 Å². The number of hydrogen-bond donors (Lipinski definition) is 2. The molecule has 1 aromatic rings. The highest BCUT2D eigenvalue weighted by Crippen LogP contribution is 2.34. The number of nitrogens with two attached hydrogens (primary N) is 1. The van der Waals surface area contributed by atoms with Crippen molar-refractivity contribution in [1.82, 2.24) is 5.32 Å². The van der Waals surface area contributed by atoms with E-state index < -0.39 is 0 Å². The Labute approximate surface area is 108 Å². The van der Waals surface area contributed by atoms with Gasteiger partial charge in [-0.2, -0.15) is 0 Å². The van der Waals surface area contributed by atoms with Crippen molar-refractivity contribution >= 4 is 5.91 Å². The van der Waals surface area contributed by atoms with E-state index in [2.05, 4.69) is 17.4 Å². The molecule has 1 aromatic carbocycles. The Hall–Kier alpha value is -1.35. The van der Waals surface area contributed by atoms with Crippen LogP contribution in [0.3, 0.4) is 0 Å². The van der Waals surface area contributed by atoms with Crippen LogP contribution in [0.1, 0.15) is 36.3 Å². The van der Waals surface area contributed by atoms with Gasteiger partial charge in [-0.05, 0) is 36.3 Å². The van der Waals surface area contributed by atoms with Crippen molar-refractivity contribution < 1.29 is 4.79 Å². The molecule has 0 aromatic heterocycles. The van der Waals surface area contributed by atoms with E-state index in [-0.39, 0.29) is 17.9 Å². The lowest BCUT2D eigenvalue weighted by Crippen LogP contribution is -2.40. The molecule has 1 amide bonds. The fraction of sp³-hybridized carbons (Fsp3) is 0.533. The van der Waals surface area contributed by atoms with E-state index in [1.807, 2.05) is 12.1 Å². The number of carbonyl (C=O) groups excluding carboxylic acids is 1. The van der Waals surface area contributed by atoms with Gasteiger partial charge in [0.1, 0.15) is 0 Å². The minimum atomic E-state index is 0.0684. The van der Waals surface area contributed by atoms with Crippen LogP contribution in [0.5, 0.6) is 0 Å². The van der Waals surface area contributed by atoms with Crippen LogP contribution in [-0.4, -0.2) is 18.5 Å². The van der Waals surface area contributed by atoms with Gasteiger partial charge in [-0.15, -0.1) is 0 Å². The Bertz CT molecular complexity index is 458. The Balaban J connectivity index is 1.54. The van der Waals surface area contributed by atoms with Crippen molar-refractivity contribution in [3.63, 3.8) is 0 Å². The quantitative estimate of drug-likeness (QED) is 0.848. The Morgan fingerprint density at radius 1 is 1.33 bits per heavy atom. The summed E-state index contributed by atoms with van der Waals surface area (Å²) in [7, 11) is 0. The van der Waals surface area contributed by atoms with Crippen LogP contribution >= 0.6 is 0 Å². The van der Waals surface area contributed by atoms with Gasteiger partial charge in [0.2, 0.25) is 5.91 Å². The molecule has 96 valence electrons. The highest BCUT2D eigenvalue weighted by molar-refractivity contribution is 5.86. The van der Waals surface area contributed by atoms with Gasteiger partial charge in [0.25, 0.3) is 0 Å². The highest BCUT2D eigenvalue weighted by Gasteiger charge is 2.32. The summed E-state index contributed by atoms with van der Waals surface area (Å²) in [5.74, 6) is 0.718. The number of rotatable bonds is 3. The normalized spacial score (nSPS) is 29.5. The van der Waals surface area contributed by atoms with Crippen molar-refractivity contribution in [2.75, 3.05) is 6.54 Å². The predicted octanol–water partition coefficient (Wildman–Crippen LogP) is 1.57. The van der Waals surface area contributed by atoms with Gasteiger partial charge in [0.15, 0.2) is 0 Å². The average Bonchev–Trinajstić information content (AvgIpc) is 2.74. The first-order valence-corrected chi connectivity index (χ1v) is 6.87. The Morgan fingerprint density at radius 3 is 2.89 bits per heavy atom. The van der Waals surface area contributed by atoms with Crippen LogP contribution in [0.2, 0.25) is 0 Å². The first-order chi connectivity index (χ1) is 8.75. The third-order valence-electron chi connectivity index (χ3n) is 4.43. The minimum absolute atomic E-state index is 0.0684. The number of nitrogens with one attached hydrogen (secondary N) is 1. The van der Waals surface area contributed by atoms with Gasteiger partial charge < -0.3 is 11.1 Å². The molecule has 3 N–H and O–H groups in total. The van der Waals surface area contributed by atoms with E-state index in [0.29, 0.717) is 5.92 Å². The molecule has 1 saturated carbocycles. The average molecular weight is 244 g/mol. The van der Waals surface area contributed by atoms with E-state index in [1.165, 1.54) is 17.5 Å². The molecule has 0 bridgehead atoms. The zero-order valence-electron chi connectivity index (χ0n) is 10.6. The maximum atomic E-state index is 12.1. The highest BCUT2D eigenvalue weighted by atomic mass is 16.1. The summed E-state index contributed by atoms with van der Waals surface area (Å²) in [6, 6.07) is 8.48. The zero-order chi connectivity index (χ0) is 12.5. The molecule has 3 rings (SSSR count). The second-order valence-corrected chi connectivity index (χ2v) is 5.56. The van der Waals surface area contributed by atoms with Crippen molar-refractivity contribution in [2.45, 2.75) is 37.6 Å². The predicted molar refractivity (Wildman–Crippen MR) is 71.2 cm³/mol. The second kappa shape index (κ2) is 4.73. The van der Waals surface area contributed by atoms with Gasteiger partial charge in [-0.25, -0.2) is 0 Å². The third-order valence-corrected chi connectivity index (χ3v) is 4.43. The van der Waals surface area contributed by atoms with Crippen molar-refractivity contribution in [2.24, 2.45) is 11.7 Å². The van der Waals surface area contributed by atoms with Gasteiger partial charge in [0.05, 0.1) is 5.92 Å². The summed E-state index contributed by atoms with van der Waals surface area (Å²) in [4.78, 5) is 12.1. The molecule has 0 spiro atoms. The number of amides is 1. The van der Waals surface area contributed by atoms with Gasteiger partial charge in [-0.3, -0.25) is 4.79 Å². The SMILES string of the molecule is NC1CCCC1CNC(=O)C1Cc2ccccc21. The van der Waals surface area contributed by atoms with Gasteiger partial charge >= 0.3 is 0 Å². The molecule has 2 aliphatic rings. The Kier molecular flexibility index (Phi) is 3.08. The third kappa shape index (κ3) is 2.03. The van der Waals surface area contributed by atoms with Crippen LogP contribution in [0.25, 0.3) is 0 Å². The number of benzene rings is 1. The summed E-state index contributed by atoms with van der Waals surface area (Å²) in [6.07, 6.45) is 4.35. The lowest BCUT2D eigenvalue weighted by Gasteiger charge is -2.29. The maximum absolute atomic E-state index is 12.1. The molecule has 3 nitrogen and oxygen atoms in total. The van der Waals surface area contributed by atoms with Crippen LogP contribution in [0.4, 0.5) is 0 Å². The smallest absolute Gasteiger partial charge is 0.227 e. The summed E-state index contributed by atoms with van der Waals surface area (Å²) in [5.41, 5.74) is 8.53. The van der Waals surface area contributed by atoms with Crippen LogP contribution in [0.15, 0.2) is 24.3 Å². The molecule has 3 atom stereocenters. The lowest BCUT2D eigenvalue weighted by molar-refractivity contribution is -0.123. The molecule has 0 radical (unpaired) electrons. The lowest BCUT2D eigenvalue weighted by atomic mass is 9.77. The van der Waals surface area contributed by atoms with Crippen LogP contribution < -0.4 is 11.1 Å². The molecule has 0 saturated heterocycles. The van der Waals surface area contributed by atoms with E-state index >= 15 is 0 Å². The topological polar surface area (TPSA) is 55.1 Å². The largest absolute Gasteiger partial charge is 0.355 e. The molecular formula is C15H20N2O. The Morgan fingerprint density at radius 2 is 2.17 bits per heavy atom. The minimum Gasteiger partial charge on any atom is -0.355 e. The molecule has 2 aliphatic carbocycles. The van der Waals surface area contributed by atoms with E-state index in [0.717, 1.165) is 25.8 Å². The fourth-order valence-electron chi connectivity index (χ4n) is 3.17. The summed E-state index contributed by atoms with van der Waals surface area (Å²) in [5, 5.41) is 3.08. The molecule has 18 heavy (non-hydrogen) atoms. The number of carbonyl (C=O) groups is 1. The molecular weight excluding hydrogens is 224 g/mol. The summed E-state index contributed by atoms with van der Waals surface area (Å²) < 4.78 is 0. The zero-order valence-corrected chi connectivity index (χ0v) is 10.6. The molecule has 1 fully saturated rings. The molecule has 0 aliphatic heterocycles. The summed E-state index contributed by atoms with van der Waals surface area (Å²) in [6.45, 7) is 0.749. The van der Waals surface area contributed by atoms with Crippen molar-refractivity contribution in [3.05, 3.63) is 35.4 Å².